The molecular weight excluding hydrogens is 266 g/mol. The normalized spacial score (nSPS) is 21.8. The number of hydrazine groups is 1. The first-order chi connectivity index (χ1) is 9.86. The molecule has 2 atom stereocenters. The molecular formula is C16H19N3S. The fourth-order valence-electron chi connectivity index (χ4n) is 3.67. The maximum absolute atomic E-state index is 5.89. The molecule has 3 N–H and O–H groups in total. The summed E-state index contributed by atoms with van der Waals surface area (Å²) in [6, 6.07) is 6.82. The number of hydrogen-bond donors (Lipinski definition) is 2. The largest absolute Gasteiger partial charge is 0.271 e. The lowest BCUT2D eigenvalue weighted by molar-refractivity contribution is 0.453. The standard InChI is InChI=1S/C16H19N3S/c17-19-16(14-9-11-3-1-5-13(11)20-14)12-7-6-10-4-2-8-18-15(10)12/h2,4,8-9,12,16,19H,1,3,5-7,17H2. The van der Waals surface area contributed by atoms with Gasteiger partial charge < -0.3 is 0 Å². The summed E-state index contributed by atoms with van der Waals surface area (Å²) in [5.74, 6) is 6.30. The Balaban J connectivity index is 1.68. The fraction of sp³-hybridized carbons (Fsp3) is 0.438. The zero-order valence-electron chi connectivity index (χ0n) is 11.4. The molecule has 0 aliphatic heterocycles. The highest BCUT2D eigenvalue weighted by atomic mass is 32.1. The lowest BCUT2D eigenvalue weighted by Gasteiger charge is -2.22. The third-order valence-corrected chi connectivity index (χ3v) is 5.98. The summed E-state index contributed by atoms with van der Waals surface area (Å²) >= 11 is 1.95. The van der Waals surface area contributed by atoms with Crippen LogP contribution in [0.3, 0.4) is 0 Å². The minimum absolute atomic E-state index is 0.210. The molecule has 0 amide bonds. The van der Waals surface area contributed by atoms with Crippen LogP contribution in [0.5, 0.6) is 0 Å². The van der Waals surface area contributed by atoms with E-state index in [2.05, 4.69) is 22.5 Å². The maximum Gasteiger partial charge on any atom is 0.0637 e. The van der Waals surface area contributed by atoms with Crippen LogP contribution >= 0.6 is 11.3 Å². The van der Waals surface area contributed by atoms with Crippen molar-refractivity contribution in [2.45, 2.75) is 44.1 Å². The first-order valence-corrected chi connectivity index (χ1v) is 8.20. The minimum Gasteiger partial charge on any atom is -0.271 e. The van der Waals surface area contributed by atoms with Gasteiger partial charge in [-0.1, -0.05) is 6.07 Å². The molecule has 4 rings (SSSR count). The van der Waals surface area contributed by atoms with Gasteiger partial charge in [-0.3, -0.25) is 16.3 Å². The lowest BCUT2D eigenvalue weighted by atomic mass is 9.95. The molecule has 2 aliphatic rings. The van der Waals surface area contributed by atoms with Gasteiger partial charge in [-0.2, -0.15) is 0 Å². The predicted molar refractivity (Wildman–Crippen MR) is 81.7 cm³/mol. The van der Waals surface area contributed by atoms with E-state index in [1.54, 1.807) is 10.4 Å². The summed E-state index contributed by atoms with van der Waals surface area (Å²) in [4.78, 5) is 7.57. The first-order valence-electron chi connectivity index (χ1n) is 7.38. The van der Waals surface area contributed by atoms with Crippen molar-refractivity contribution in [3.63, 3.8) is 0 Å². The van der Waals surface area contributed by atoms with Crippen LogP contribution in [-0.2, 0) is 19.3 Å². The Morgan fingerprint density at radius 1 is 1.30 bits per heavy atom. The third-order valence-electron chi connectivity index (χ3n) is 4.66. The zero-order chi connectivity index (χ0) is 13.5. The Bertz CT molecular complexity index is 613. The molecule has 0 bridgehead atoms. The van der Waals surface area contributed by atoms with E-state index >= 15 is 0 Å². The molecule has 2 aromatic heterocycles. The number of fused-ring (bicyclic) bond motifs is 2. The quantitative estimate of drug-likeness (QED) is 0.673. The van der Waals surface area contributed by atoms with Gasteiger partial charge in [0, 0.05) is 27.6 Å². The molecule has 20 heavy (non-hydrogen) atoms. The van der Waals surface area contributed by atoms with Crippen LogP contribution in [0.25, 0.3) is 0 Å². The van der Waals surface area contributed by atoms with Crippen LogP contribution in [0.2, 0.25) is 0 Å². The lowest BCUT2D eigenvalue weighted by Crippen LogP contribution is -2.31. The van der Waals surface area contributed by atoms with Crippen LogP contribution in [0.4, 0.5) is 0 Å². The average Bonchev–Trinajstić information content (AvgIpc) is 3.14. The predicted octanol–water partition coefficient (Wildman–Crippen LogP) is 2.87. The molecule has 4 heteroatoms. The number of thiophene rings is 1. The van der Waals surface area contributed by atoms with Gasteiger partial charge >= 0.3 is 0 Å². The van der Waals surface area contributed by atoms with Gasteiger partial charge in [0.2, 0.25) is 0 Å². The van der Waals surface area contributed by atoms with E-state index in [-0.39, 0.29) is 6.04 Å². The molecule has 3 nitrogen and oxygen atoms in total. The number of rotatable bonds is 3. The second-order valence-electron chi connectivity index (χ2n) is 5.79. The summed E-state index contributed by atoms with van der Waals surface area (Å²) in [6.07, 6.45) is 7.97. The highest BCUT2D eigenvalue weighted by Crippen LogP contribution is 2.43. The van der Waals surface area contributed by atoms with Crippen LogP contribution in [-0.4, -0.2) is 4.98 Å². The van der Waals surface area contributed by atoms with Crippen LogP contribution < -0.4 is 11.3 Å². The van der Waals surface area contributed by atoms with Crippen molar-refractivity contribution < 1.29 is 0 Å². The second-order valence-corrected chi connectivity index (χ2v) is 6.96. The number of pyridine rings is 1. The topological polar surface area (TPSA) is 50.9 Å². The number of hydrogen-bond acceptors (Lipinski definition) is 4. The summed E-state index contributed by atoms with van der Waals surface area (Å²) in [5, 5.41) is 0. The van der Waals surface area contributed by atoms with Crippen LogP contribution in [0.15, 0.2) is 24.4 Å². The highest BCUT2D eigenvalue weighted by molar-refractivity contribution is 7.12. The number of aromatic nitrogens is 1. The highest BCUT2D eigenvalue weighted by Gasteiger charge is 2.33. The van der Waals surface area contributed by atoms with Gasteiger partial charge in [0.25, 0.3) is 0 Å². The summed E-state index contributed by atoms with van der Waals surface area (Å²) in [7, 11) is 0. The Hall–Kier alpha value is -1.23. The van der Waals surface area contributed by atoms with E-state index in [0.29, 0.717) is 5.92 Å². The Morgan fingerprint density at radius 2 is 2.25 bits per heavy atom. The van der Waals surface area contributed by atoms with E-state index in [0.717, 1.165) is 12.8 Å². The Kier molecular flexibility index (Phi) is 3.10. The molecule has 2 unspecified atom stereocenters. The maximum atomic E-state index is 5.89. The first kappa shape index (κ1) is 12.5. The minimum atomic E-state index is 0.210. The van der Waals surface area contributed by atoms with Crippen LogP contribution in [0.1, 0.15) is 51.4 Å². The third kappa shape index (κ3) is 1.91. The van der Waals surface area contributed by atoms with Gasteiger partial charge in [-0.05, 0) is 55.4 Å². The van der Waals surface area contributed by atoms with Gasteiger partial charge in [0.05, 0.1) is 6.04 Å². The number of nitrogens with two attached hydrogens (primary N) is 1. The van der Waals surface area contributed by atoms with Crippen LogP contribution in [0, 0.1) is 0 Å². The van der Waals surface area contributed by atoms with Crippen molar-refractivity contribution in [3.05, 3.63) is 51.0 Å². The summed E-state index contributed by atoms with van der Waals surface area (Å²) in [6.45, 7) is 0. The molecule has 0 saturated carbocycles. The van der Waals surface area contributed by atoms with Crippen molar-refractivity contribution in [1.82, 2.24) is 10.4 Å². The average molecular weight is 285 g/mol. The summed E-state index contributed by atoms with van der Waals surface area (Å²) in [5.41, 5.74) is 7.24. The van der Waals surface area contributed by atoms with Gasteiger partial charge in [0.15, 0.2) is 0 Å². The van der Waals surface area contributed by atoms with Crippen molar-refractivity contribution in [2.24, 2.45) is 5.84 Å². The Morgan fingerprint density at radius 3 is 3.10 bits per heavy atom. The monoisotopic (exact) mass is 285 g/mol. The van der Waals surface area contributed by atoms with Crippen molar-refractivity contribution >= 4 is 11.3 Å². The van der Waals surface area contributed by atoms with Crippen molar-refractivity contribution in [3.8, 4) is 0 Å². The Labute approximate surface area is 123 Å². The SMILES string of the molecule is NNC(c1cc2c(s1)CCC2)C1CCc2cccnc21. The molecule has 0 saturated heterocycles. The van der Waals surface area contributed by atoms with E-state index in [1.807, 2.05) is 23.6 Å². The molecule has 2 aromatic rings. The van der Waals surface area contributed by atoms with E-state index in [4.69, 9.17) is 5.84 Å². The van der Waals surface area contributed by atoms with Crippen molar-refractivity contribution in [1.29, 1.82) is 0 Å². The number of nitrogens with one attached hydrogen (secondary N) is 1. The molecule has 0 radical (unpaired) electrons. The molecule has 2 heterocycles. The van der Waals surface area contributed by atoms with Crippen molar-refractivity contribution in [2.75, 3.05) is 0 Å². The molecule has 0 fully saturated rings. The van der Waals surface area contributed by atoms with Gasteiger partial charge in [-0.25, -0.2) is 0 Å². The van der Waals surface area contributed by atoms with Gasteiger partial charge in [0.1, 0.15) is 0 Å². The van der Waals surface area contributed by atoms with E-state index in [1.165, 1.54) is 35.4 Å². The van der Waals surface area contributed by atoms with Gasteiger partial charge in [-0.15, -0.1) is 11.3 Å². The number of aryl methyl sites for hydroxylation is 3. The van der Waals surface area contributed by atoms with E-state index < -0.39 is 0 Å². The molecule has 104 valence electrons. The fourth-order valence-corrected chi connectivity index (χ4v) is 5.05. The molecule has 2 aliphatic carbocycles. The zero-order valence-corrected chi connectivity index (χ0v) is 12.2. The molecule has 0 spiro atoms. The summed E-state index contributed by atoms with van der Waals surface area (Å²) < 4.78 is 0. The second kappa shape index (κ2) is 4.95. The number of nitrogens with zero attached hydrogens (tertiary/aromatic N) is 1. The molecule has 0 aromatic carbocycles. The smallest absolute Gasteiger partial charge is 0.0637 e. The van der Waals surface area contributed by atoms with E-state index in [9.17, 15) is 0 Å².